The summed E-state index contributed by atoms with van der Waals surface area (Å²) in [5.74, 6) is 0.485. The van der Waals surface area contributed by atoms with Gasteiger partial charge >= 0.3 is 0 Å². The van der Waals surface area contributed by atoms with E-state index >= 15 is 0 Å². The molecule has 2 aliphatic rings. The normalized spacial score (nSPS) is 22.7. The van der Waals surface area contributed by atoms with E-state index in [4.69, 9.17) is 9.47 Å². The number of hydrogen-bond acceptors (Lipinski definition) is 5. The Morgan fingerprint density at radius 2 is 2.00 bits per heavy atom. The highest BCUT2D eigenvalue weighted by atomic mass is 16.5. The number of benzene rings is 1. The lowest BCUT2D eigenvalue weighted by atomic mass is 10.1. The van der Waals surface area contributed by atoms with Crippen molar-refractivity contribution in [2.75, 3.05) is 33.4 Å². The Kier molecular flexibility index (Phi) is 5.36. The minimum atomic E-state index is -0.0700. The van der Waals surface area contributed by atoms with Gasteiger partial charge in [0.15, 0.2) is 0 Å². The lowest BCUT2D eigenvalue weighted by Crippen LogP contribution is -2.50. The van der Waals surface area contributed by atoms with Crippen LogP contribution >= 0.6 is 0 Å². The number of nitrogens with one attached hydrogen (secondary N) is 1. The van der Waals surface area contributed by atoms with Crippen molar-refractivity contribution in [2.24, 2.45) is 0 Å². The molecule has 0 radical (unpaired) electrons. The second-order valence-electron chi connectivity index (χ2n) is 7.07. The predicted octanol–water partition coefficient (Wildman–Crippen LogP) is 2.35. The molecular weight excluding hydrogens is 342 g/mol. The Balaban J connectivity index is 1.49. The first kappa shape index (κ1) is 17.9. The average molecular weight is 367 g/mol. The van der Waals surface area contributed by atoms with E-state index in [1.165, 1.54) is 12.8 Å². The lowest BCUT2D eigenvalue weighted by Gasteiger charge is -2.27. The lowest BCUT2D eigenvalue weighted by molar-refractivity contribution is 0.0916. The van der Waals surface area contributed by atoms with Crippen LogP contribution in [-0.2, 0) is 4.74 Å². The van der Waals surface area contributed by atoms with Crippen molar-refractivity contribution in [3.8, 4) is 17.1 Å². The third-order valence-electron chi connectivity index (χ3n) is 5.33. The molecule has 0 spiro atoms. The first-order valence-corrected chi connectivity index (χ1v) is 9.49. The van der Waals surface area contributed by atoms with Crippen molar-refractivity contribution in [2.45, 2.75) is 24.9 Å². The van der Waals surface area contributed by atoms with Crippen LogP contribution < -0.4 is 10.1 Å². The highest BCUT2D eigenvalue weighted by Gasteiger charge is 2.35. The van der Waals surface area contributed by atoms with Crippen LogP contribution in [0.4, 0.5) is 0 Å². The molecular formula is C21H25N3O3. The van der Waals surface area contributed by atoms with Crippen LogP contribution in [0.3, 0.4) is 0 Å². The summed E-state index contributed by atoms with van der Waals surface area (Å²) in [4.78, 5) is 19.7. The molecule has 0 bridgehead atoms. The third kappa shape index (κ3) is 3.96. The van der Waals surface area contributed by atoms with Gasteiger partial charge in [-0.1, -0.05) is 18.2 Å². The Morgan fingerprint density at radius 3 is 2.81 bits per heavy atom. The van der Waals surface area contributed by atoms with Crippen LogP contribution in [-0.4, -0.2) is 61.3 Å². The van der Waals surface area contributed by atoms with Gasteiger partial charge in [0.1, 0.15) is 0 Å². The van der Waals surface area contributed by atoms with Gasteiger partial charge in [0.05, 0.1) is 38.1 Å². The van der Waals surface area contributed by atoms with E-state index in [2.05, 4.69) is 15.2 Å². The fourth-order valence-corrected chi connectivity index (χ4v) is 3.87. The molecule has 27 heavy (non-hydrogen) atoms. The van der Waals surface area contributed by atoms with Crippen LogP contribution in [0, 0.1) is 0 Å². The predicted molar refractivity (Wildman–Crippen MR) is 103 cm³/mol. The van der Waals surface area contributed by atoms with Crippen molar-refractivity contribution in [3.05, 3.63) is 48.0 Å². The first-order valence-electron chi connectivity index (χ1n) is 9.49. The van der Waals surface area contributed by atoms with E-state index in [0.717, 1.165) is 24.3 Å². The van der Waals surface area contributed by atoms with E-state index in [1.807, 2.05) is 36.4 Å². The zero-order valence-corrected chi connectivity index (χ0v) is 15.6. The molecule has 2 atom stereocenters. The standard InChI is InChI=1S/C21H25N3O3/c1-26-20-9-5-8-17(22-20)15-6-4-7-16(12-15)21(25)23-18-13-27-14-19(18)24-10-2-3-11-24/h4-9,12,18-19H,2-3,10-11,13-14H2,1H3,(H,23,25)/t18-,19-/m1/s1. The summed E-state index contributed by atoms with van der Waals surface area (Å²) in [5.41, 5.74) is 2.30. The van der Waals surface area contributed by atoms with E-state index in [9.17, 15) is 4.79 Å². The van der Waals surface area contributed by atoms with Crippen LogP contribution in [0.5, 0.6) is 5.88 Å². The summed E-state index contributed by atoms with van der Waals surface area (Å²) in [6.07, 6.45) is 2.46. The molecule has 0 unspecified atom stereocenters. The smallest absolute Gasteiger partial charge is 0.251 e. The summed E-state index contributed by atoms with van der Waals surface area (Å²) in [5, 5.41) is 3.17. The maximum Gasteiger partial charge on any atom is 0.251 e. The zero-order valence-electron chi connectivity index (χ0n) is 15.6. The van der Waals surface area contributed by atoms with Crippen LogP contribution in [0.2, 0.25) is 0 Å². The molecule has 1 N–H and O–H groups in total. The molecule has 1 aromatic heterocycles. The van der Waals surface area contributed by atoms with Gasteiger partial charge in [-0.3, -0.25) is 9.69 Å². The van der Waals surface area contributed by atoms with E-state index in [-0.39, 0.29) is 18.0 Å². The molecule has 1 amide bonds. The topological polar surface area (TPSA) is 63.7 Å². The molecule has 0 aliphatic carbocycles. The van der Waals surface area contributed by atoms with Crippen LogP contribution in [0.15, 0.2) is 42.5 Å². The van der Waals surface area contributed by atoms with E-state index in [0.29, 0.717) is 24.7 Å². The van der Waals surface area contributed by atoms with Gasteiger partial charge in [-0.25, -0.2) is 4.98 Å². The highest BCUT2D eigenvalue weighted by Crippen LogP contribution is 2.22. The second kappa shape index (κ2) is 8.06. The number of hydrogen-bond donors (Lipinski definition) is 1. The number of aromatic nitrogens is 1. The van der Waals surface area contributed by atoms with Crippen LogP contribution in [0.1, 0.15) is 23.2 Å². The van der Waals surface area contributed by atoms with Gasteiger partial charge in [-0.15, -0.1) is 0 Å². The Labute approximate surface area is 159 Å². The number of amides is 1. The molecule has 3 heterocycles. The van der Waals surface area contributed by atoms with Crippen molar-refractivity contribution >= 4 is 5.91 Å². The second-order valence-corrected chi connectivity index (χ2v) is 7.07. The number of pyridine rings is 1. The Hall–Kier alpha value is -2.44. The molecule has 4 rings (SSSR count). The summed E-state index contributed by atoms with van der Waals surface area (Å²) >= 11 is 0. The molecule has 6 nitrogen and oxygen atoms in total. The minimum Gasteiger partial charge on any atom is -0.481 e. The first-order chi connectivity index (χ1) is 13.2. The molecule has 2 fully saturated rings. The number of carbonyl (C=O) groups is 1. The number of methoxy groups -OCH3 is 1. The van der Waals surface area contributed by atoms with Gasteiger partial charge in [-0.2, -0.15) is 0 Å². The Morgan fingerprint density at radius 1 is 1.19 bits per heavy atom. The molecule has 2 aromatic rings. The Bertz CT molecular complexity index is 805. The van der Waals surface area contributed by atoms with Crippen molar-refractivity contribution in [3.63, 3.8) is 0 Å². The van der Waals surface area contributed by atoms with Gasteiger partial charge in [-0.05, 0) is 44.1 Å². The maximum atomic E-state index is 12.8. The van der Waals surface area contributed by atoms with E-state index < -0.39 is 0 Å². The van der Waals surface area contributed by atoms with Crippen molar-refractivity contribution in [1.29, 1.82) is 0 Å². The minimum absolute atomic E-state index is 0.0363. The monoisotopic (exact) mass is 367 g/mol. The number of rotatable bonds is 5. The largest absolute Gasteiger partial charge is 0.481 e. The molecule has 6 heteroatoms. The zero-order chi connectivity index (χ0) is 18.6. The highest BCUT2D eigenvalue weighted by molar-refractivity contribution is 5.95. The fourth-order valence-electron chi connectivity index (χ4n) is 3.87. The summed E-state index contributed by atoms with van der Waals surface area (Å²) < 4.78 is 10.9. The van der Waals surface area contributed by atoms with Crippen molar-refractivity contribution in [1.82, 2.24) is 15.2 Å². The number of nitrogens with zero attached hydrogens (tertiary/aromatic N) is 2. The average Bonchev–Trinajstić information content (AvgIpc) is 3.39. The SMILES string of the molecule is COc1cccc(-c2cccc(C(=O)N[C@@H]3COC[C@H]3N3CCCC3)c2)n1. The van der Waals surface area contributed by atoms with E-state index in [1.54, 1.807) is 13.2 Å². The summed E-state index contributed by atoms with van der Waals surface area (Å²) in [7, 11) is 1.59. The maximum absolute atomic E-state index is 12.8. The number of ether oxygens (including phenoxy) is 2. The van der Waals surface area contributed by atoms with Crippen molar-refractivity contribution < 1.29 is 14.3 Å². The molecule has 142 valence electrons. The molecule has 1 aromatic carbocycles. The van der Waals surface area contributed by atoms with Crippen LogP contribution in [0.25, 0.3) is 11.3 Å². The quantitative estimate of drug-likeness (QED) is 0.879. The third-order valence-corrected chi connectivity index (χ3v) is 5.33. The summed E-state index contributed by atoms with van der Waals surface area (Å²) in [6, 6.07) is 13.5. The molecule has 0 saturated carbocycles. The van der Waals surface area contributed by atoms with Gasteiger partial charge < -0.3 is 14.8 Å². The van der Waals surface area contributed by atoms with Gasteiger partial charge in [0, 0.05) is 17.2 Å². The molecule has 2 aliphatic heterocycles. The summed E-state index contributed by atoms with van der Waals surface area (Å²) in [6.45, 7) is 3.46. The van der Waals surface area contributed by atoms with Gasteiger partial charge in [0.2, 0.25) is 5.88 Å². The number of carbonyl (C=O) groups excluding carboxylic acids is 1. The fraction of sp³-hybridized carbons (Fsp3) is 0.429. The molecule has 2 saturated heterocycles. The van der Waals surface area contributed by atoms with Gasteiger partial charge in [0.25, 0.3) is 5.91 Å². The number of likely N-dealkylation sites (tertiary alicyclic amines) is 1.